The van der Waals surface area contributed by atoms with E-state index in [0.29, 0.717) is 36.3 Å². The summed E-state index contributed by atoms with van der Waals surface area (Å²) in [4.78, 5) is 2.32. The summed E-state index contributed by atoms with van der Waals surface area (Å²) in [6, 6.07) is 18.3. The minimum absolute atomic E-state index is 0.274. The van der Waals surface area contributed by atoms with E-state index in [1.807, 2.05) is 13.0 Å². The number of nitrogens with zero attached hydrogens (tertiary/aromatic N) is 1. The summed E-state index contributed by atoms with van der Waals surface area (Å²) in [5.74, 6) is 0.914. The number of rotatable bonds is 9. The Bertz CT molecular complexity index is 1040. The van der Waals surface area contributed by atoms with E-state index in [9.17, 15) is 4.39 Å². The molecule has 0 atom stereocenters. The predicted molar refractivity (Wildman–Crippen MR) is 130 cm³/mol. The second kappa shape index (κ2) is 11.3. The molecule has 3 aromatic carbocycles. The molecule has 33 heavy (non-hydrogen) atoms. The van der Waals surface area contributed by atoms with Gasteiger partial charge in [0.15, 0.2) is 11.5 Å². The quantitative estimate of drug-likeness (QED) is 0.421. The average molecular weight is 471 g/mol. The number of anilines is 2. The Morgan fingerprint density at radius 3 is 2.36 bits per heavy atom. The standard InChI is InChI=1S/C26H28ClFN2O3/c1-2-32-25-15-20(24(27)16-26(25)33-18-19-3-5-21(28)6-4-19)17-29-22-7-9-23(10-8-22)30-11-13-31-14-12-30/h3-10,15-16,29H,2,11-14,17-18H2,1H3. The summed E-state index contributed by atoms with van der Waals surface area (Å²) in [5.41, 5.74) is 3.98. The molecule has 0 unspecified atom stereocenters. The highest BCUT2D eigenvalue weighted by Crippen LogP contribution is 2.34. The third-order valence-corrected chi connectivity index (χ3v) is 5.80. The molecular weight excluding hydrogens is 443 g/mol. The second-order valence-corrected chi connectivity index (χ2v) is 8.15. The van der Waals surface area contributed by atoms with Gasteiger partial charge < -0.3 is 24.4 Å². The van der Waals surface area contributed by atoms with Crippen LogP contribution in [0.3, 0.4) is 0 Å². The van der Waals surface area contributed by atoms with Crippen LogP contribution in [0.4, 0.5) is 15.8 Å². The highest BCUT2D eigenvalue weighted by molar-refractivity contribution is 6.31. The normalized spacial score (nSPS) is 13.6. The molecular formula is C26H28ClFN2O3. The van der Waals surface area contributed by atoms with E-state index < -0.39 is 0 Å². The van der Waals surface area contributed by atoms with Gasteiger partial charge in [0.1, 0.15) is 12.4 Å². The predicted octanol–water partition coefficient (Wildman–Crippen LogP) is 5.91. The maximum absolute atomic E-state index is 13.1. The molecule has 0 radical (unpaired) electrons. The number of hydrogen-bond acceptors (Lipinski definition) is 5. The summed E-state index contributed by atoms with van der Waals surface area (Å²) < 4.78 is 30.3. The van der Waals surface area contributed by atoms with Gasteiger partial charge in [-0.15, -0.1) is 0 Å². The molecule has 4 rings (SSSR count). The third-order valence-electron chi connectivity index (χ3n) is 5.45. The minimum Gasteiger partial charge on any atom is -0.490 e. The van der Waals surface area contributed by atoms with Crippen molar-refractivity contribution in [2.75, 3.05) is 43.1 Å². The van der Waals surface area contributed by atoms with Crippen LogP contribution in [0.15, 0.2) is 60.7 Å². The number of benzene rings is 3. The van der Waals surface area contributed by atoms with Crippen LogP contribution in [0.2, 0.25) is 5.02 Å². The molecule has 1 aliphatic rings. The van der Waals surface area contributed by atoms with Gasteiger partial charge in [0, 0.05) is 42.1 Å². The maximum Gasteiger partial charge on any atom is 0.163 e. The molecule has 1 aliphatic heterocycles. The van der Waals surface area contributed by atoms with Crippen molar-refractivity contribution >= 4 is 23.0 Å². The Morgan fingerprint density at radius 1 is 0.970 bits per heavy atom. The molecule has 0 aliphatic carbocycles. The Hall–Kier alpha value is -2.96. The van der Waals surface area contributed by atoms with Crippen molar-refractivity contribution in [2.45, 2.75) is 20.1 Å². The van der Waals surface area contributed by atoms with E-state index in [0.717, 1.165) is 43.1 Å². The van der Waals surface area contributed by atoms with Crippen molar-refractivity contribution in [3.05, 3.63) is 82.6 Å². The van der Waals surface area contributed by atoms with Gasteiger partial charge >= 0.3 is 0 Å². The van der Waals surface area contributed by atoms with Crippen LogP contribution in [-0.4, -0.2) is 32.9 Å². The first-order valence-corrected chi connectivity index (χ1v) is 11.5. The van der Waals surface area contributed by atoms with Crippen LogP contribution in [0.5, 0.6) is 11.5 Å². The first kappa shape index (κ1) is 23.2. The van der Waals surface area contributed by atoms with E-state index in [2.05, 4.69) is 34.5 Å². The summed E-state index contributed by atoms with van der Waals surface area (Å²) in [5, 5.41) is 4.01. The fourth-order valence-corrected chi connectivity index (χ4v) is 3.86. The number of halogens is 2. The fourth-order valence-electron chi connectivity index (χ4n) is 3.64. The lowest BCUT2D eigenvalue weighted by Crippen LogP contribution is -2.36. The van der Waals surface area contributed by atoms with E-state index in [1.165, 1.54) is 17.8 Å². The fraction of sp³-hybridized carbons (Fsp3) is 0.308. The van der Waals surface area contributed by atoms with Crippen molar-refractivity contribution in [1.82, 2.24) is 0 Å². The number of ether oxygens (including phenoxy) is 3. The van der Waals surface area contributed by atoms with Gasteiger partial charge in [-0.3, -0.25) is 0 Å². The summed E-state index contributed by atoms with van der Waals surface area (Å²) in [6.45, 7) is 6.64. The molecule has 0 amide bonds. The number of hydrogen-bond donors (Lipinski definition) is 1. The Kier molecular flexibility index (Phi) is 7.92. The zero-order valence-corrected chi connectivity index (χ0v) is 19.4. The Morgan fingerprint density at radius 2 is 1.67 bits per heavy atom. The smallest absolute Gasteiger partial charge is 0.163 e. The molecule has 3 aromatic rings. The molecule has 174 valence electrons. The monoisotopic (exact) mass is 470 g/mol. The molecule has 1 fully saturated rings. The van der Waals surface area contributed by atoms with Crippen molar-refractivity contribution < 1.29 is 18.6 Å². The zero-order chi connectivity index (χ0) is 23.0. The van der Waals surface area contributed by atoms with Crippen molar-refractivity contribution in [3.63, 3.8) is 0 Å². The maximum atomic E-state index is 13.1. The third kappa shape index (κ3) is 6.30. The first-order chi connectivity index (χ1) is 16.1. The minimum atomic E-state index is -0.274. The lowest BCUT2D eigenvalue weighted by Gasteiger charge is -2.29. The van der Waals surface area contributed by atoms with E-state index in [-0.39, 0.29) is 5.82 Å². The lowest BCUT2D eigenvalue weighted by atomic mass is 10.1. The molecule has 7 heteroatoms. The summed E-state index contributed by atoms with van der Waals surface area (Å²) in [7, 11) is 0. The number of nitrogens with one attached hydrogen (secondary N) is 1. The van der Waals surface area contributed by atoms with Gasteiger partial charge in [0.25, 0.3) is 0 Å². The van der Waals surface area contributed by atoms with E-state index >= 15 is 0 Å². The highest BCUT2D eigenvalue weighted by atomic mass is 35.5. The Labute approximate surface area is 199 Å². The zero-order valence-electron chi connectivity index (χ0n) is 18.7. The lowest BCUT2D eigenvalue weighted by molar-refractivity contribution is 0.122. The molecule has 5 nitrogen and oxygen atoms in total. The van der Waals surface area contributed by atoms with Crippen LogP contribution in [0, 0.1) is 5.82 Å². The molecule has 1 N–H and O–H groups in total. The van der Waals surface area contributed by atoms with Crippen LogP contribution < -0.4 is 19.7 Å². The van der Waals surface area contributed by atoms with Gasteiger partial charge in [0.05, 0.1) is 19.8 Å². The van der Waals surface area contributed by atoms with Crippen LogP contribution in [-0.2, 0) is 17.9 Å². The number of morpholine rings is 1. The Balaban J connectivity index is 1.40. The second-order valence-electron chi connectivity index (χ2n) is 7.74. The molecule has 1 heterocycles. The summed E-state index contributed by atoms with van der Waals surface area (Å²) >= 11 is 6.55. The highest BCUT2D eigenvalue weighted by Gasteiger charge is 2.13. The summed E-state index contributed by atoms with van der Waals surface area (Å²) in [6.07, 6.45) is 0. The SMILES string of the molecule is CCOc1cc(CNc2ccc(N3CCOCC3)cc2)c(Cl)cc1OCc1ccc(F)cc1. The largest absolute Gasteiger partial charge is 0.490 e. The van der Waals surface area contributed by atoms with E-state index in [4.69, 9.17) is 25.8 Å². The van der Waals surface area contributed by atoms with Gasteiger partial charge in [0.2, 0.25) is 0 Å². The average Bonchev–Trinajstić information content (AvgIpc) is 2.85. The molecule has 0 spiro atoms. The van der Waals surface area contributed by atoms with Crippen LogP contribution >= 0.6 is 11.6 Å². The molecule has 0 bridgehead atoms. The van der Waals surface area contributed by atoms with Gasteiger partial charge in [-0.05, 0) is 60.5 Å². The van der Waals surface area contributed by atoms with Crippen LogP contribution in [0.25, 0.3) is 0 Å². The molecule has 0 saturated carbocycles. The van der Waals surface area contributed by atoms with E-state index in [1.54, 1.807) is 18.2 Å². The van der Waals surface area contributed by atoms with Gasteiger partial charge in [-0.25, -0.2) is 4.39 Å². The van der Waals surface area contributed by atoms with Crippen molar-refractivity contribution in [3.8, 4) is 11.5 Å². The van der Waals surface area contributed by atoms with Crippen molar-refractivity contribution in [2.24, 2.45) is 0 Å². The topological polar surface area (TPSA) is 43.0 Å². The van der Waals surface area contributed by atoms with Crippen LogP contribution in [0.1, 0.15) is 18.1 Å². The van der Waals surface area contributed by atoms with Gasteiger partial charge in [-0.1, -0.05) is 23.7 Å². The van der Waals surface area contributed by atoms with Crippen molar-refractivity contribution in [1.29, 1.82) is 0 Å². The molecule has 1 saturated heterocycles. The molecule has 0 aromatic heterocycles. The van der Waals surface area contributed by atoms with Gasteiger partial charge in [-0.2, -0.15) is 0 Å². The first-order valence-electron chi connectivity index (χ1n) is 11.1.